The summed E-state index contributed by atoms with van der Waals surface area (Å²) >= 11 is 0. The van der Waals surface area contributed by atoms with Gasteiger partial charge in [-0.25, -0.2) is 0 Å². The molecule has 2 aliphatic rings. The Labute approximate surface area is 114 Å². The molecule has 1 saturated carbocycles. The summed E-state index contributed by atoms with van der Waals surface area (Å²) in [5, 5.41) is 2.88. The van der Waals surface area contributed by atoms with Gasteiger partial charge in [0, 0.05) is 33.2 Å². The fourth-order valence-electron chi connectivity index (χ4n) is 2.55. The number of hydrogen-bond donors (Lipinski definition) is 1. The van der Waals surface area contributed by atoms with Crippen molar-refractivity contribution in [2.24, 2.45) is 5.92 Å². The van der Waals surface area contributed by atoms with E-state index in [1.165, 1.54) is 0 Å². The maximum atomic E-state index is 12.4. The van der Waals surface area contributed by atoms with Crippen LogP contribution >= 0.6 is 0 Å². The highest BCUT2D eigenvalue weighted by molar-refractivity contribution is 5.90. The Hall–Kier alpha value is -1.10. The third-order valence-electron chi connectivity index (χ3n) is 3.87. The van der Waals surface area contributed by atoms with Gasteiger partial charge in [-0.3, -0.25) is 9.59 Å². The second-order valence-electron chi connectivity index (χ2n) is 5.51. The lowest BCUT2D eigenvalue weighted by molar-refractivity contribution is -0.134. The first-order valence-corrected chi connectivity index (χ1v) is 7.29. The average molecular weight is 268 g/mol. The number of carbonyl (C=O) groups excluding carboxylic acids is 2. The van der Waals surface area contributed by atoms with Gasteiger partial charge in [0.25, 0.3) is 0 Å². The molecule has 1 heterocycles. The van der Waals surface area contributed by atoms with Gasteiger partial charge < -0.3 is 15.0 Å². The van der Waals surface area contributed by atoms with Gasteiger partial charge in [0.1, 0.15) is 6.04 Å². The van der Waals surface area contributed by atoms with Crippen LogP contribution in [0.3, 0.4) is 0 Å². The van der Waals surface area contributed by atoms with E-state index in [9.17, 15) is 9.59 Å². The lowest BCUT2D eigenvalue weighted by Gasteiger charge is -2.24. The van der Waals surface area contributed by atoms with Gasteiger partial charge in [-0.2, -0.15) is 0 Å². The van der Waals surface area contributed by atoms with Crippen LogP contribution in [0, 0.1) is 5.92 Å². The summed E-state index contributed by atoms with van der Waals surface area (Å²) in [5.41, 5.74) is 0. The van der Waals surface area contributed by atoms with Gasteiger partial charge >= 0.3 is 0 Å². The standard InChI is InChI=1S/C14H24N2O3/c1-19-10-4-2-3-8-16-9-7-12(17)15-13(14(16)18)11-5-6-11/h11,13H,2-10H2,1H3,(H,15,17). The number of unbranched alkanes of at least 4 members (excludes halogenated alkanes) is 2. The molecular weight excluding hydrogens is 244 g/mol. The van der Waals surface area contributed by atoms with Gasteiger partial charge in [-0.15, -0.1) is 0 Å². The molecule has 2 rings (SSSR count). The highest BCUT2D eigenvalue weighted by atomic mass is 16.5. The second-order valence-corrected chi connectivity index (χ2v) is 5.51. The van der Waals surface area contributed by atoms with E-state index >= 15 is 0 Å². The molecule has 0 radical (unpaired) electrons. The van der Waals surface area contributed by atoms with Crippen LogP contribution in [0.5, 0.6) is 0 Å². The summed E-state index contributed by atoms with van der Waals surface area (Å²) in [6.07, 6.45) is 5.65. The lowest BCUT2D eigenvalue weighted by Crippen LogP contribution is -2.46. The van der Waals surface area contributed by atoms with Gasteiger partial charge in [0.05, 0.1) is 0 Å². The van der Waals surface area contributed by atoms with Crippen LogP contribution in [0.25, 0.3) is 0 Å². The van der Waals surface area contributed by atoms with Crippen molar-refractivity contribution < 1.29 is 14.3 Å². The lowest BCUT2D eigenvalue weighted by atomic mass is 10.1. The van der Waals surface area contributed by atoms with Crippen LogP contribution in [0.15, 0.2) is 0 Å². The molecule has 5 heteroatoms. The fraction of sp³-hybridized carbons (Fsp3) is 0.857. The average Bonchev–Trinajstić information content (AvgIpc) is 3.22. The first-order chi connectivity index (χ1) is 9.22. The minimum atomic E-state index is -0.256. The molecule has 0 spiro atoms. The molecule has 1 aliphatic heterocycles. The number of carbonyl (C=O) groups is 2. The smallest absolute Gasteiger partial charge is 0.245 e. The summed E-state index contributed by atoms with van der Waals surface area (Å²) in [5.74, 6) is 0.526. The topological polar surface area (TPSA) is 58.6 Å². The normalized spacial score (nSPS) is 24.3. The van der Waals surface area contributed by atoms with Gasteiger partial charge in [-0.1, -0.05) is 0 Å². The van der Waals surface area contributed by atoms with E-state index in [2.05, 4.69) is 5.32 Å². The fourth-order valence-corrected chi connectivity index (χ4v) is 2.55. The Kier molecular flexibility index (Phi) is 5.19. The van der Waals surface area contributed by atoms with Crippen LogP contribution in [0.2, 0.25) is 0 Å². The minimum absolute atomic E-state index is 0.0205. The van der Waals surface area contributed by atoms with E-state index in [4.69, 9.17) is 4.74 Å². The number of nitrogens with zero attached hydrogens (tertiary/aromatic N) is 1. The van der Waals surface area contributed by atoms with Gasteiger partial charge in [-0.05, 0) is 38.0 Å². The van der Waals surface area contributed by atoms with E-state index in [-0.39, 0.29) is 17.9 Å². The predicted octanol–water partition coefficient (Wildman–Crippen LogP) is 0.930. The maximum Gasteiger partial charge on any atom is 0.245 e. The van der Waals surface area contributed by atoms with Gasteiger partial charge in [0.2, 0.25) is 11.8 Å². The molecule has 1 atom stereocenters. The number of amides is 2. The van der Waals surface area contributed by atoms with Crippen molar-refractivity contribution in [3.63, 3.8) is 0 Å². The van der Waals surface area contributed by atoms with Crippen molar-refractivity contribution in [1.29, 1.82) is 0 Å². The third-order valence-corrected chi connectivity index (χ3v) is 3.87. The SMILES string of the molecule is COCCCCCN1CCC(=O)NC(C2CC2)C1=O. The maximum absolute atomic E-state index is 12.4. The Bertz CT molecular complexity index is 329. The van der Waals surface area contributed by atoms with E-state index < -0.39 is 0 Å². The van der Waals surface area contributed by atoms with Crippen molar-refractivity contribution in [3.8, 4) is 0 Å². The largest absolute Gasteiger partial charge is 0.385 e. The molecule has 2 amide bonds. The predicted molar refractivity (Wildman–Crippen MR) is 71.6 cm³/mol. The molecule has 1 aliphatic carbocycles. The van der Waals surface area contributed by atoms with Crippen molar-refractivity contribution in [3.05, 3.63) is 0 Å². The first kappa shape index (κ1) is 14.3. The number of rotatable bonds is 7. The quantitative estimate of drug-likeness (QED) is 0.699. The Morgan fingerprint density at radius 1 is 1.26 bits per heavy atom. The molecule has 5 nitrogen and oxygen atoms in total. The van der Waals surface area contributed by atoms with E-state index in [0.29, 0.717) is 18.9 Å². The summed E-state index contributed by atoms with van der Waals surface area (Å²) in [6.45, 7) is 2.11. The van der Waals surface area contributed by atoms with Gasteiger partial charge in [0.15, 0.2) is 0 Å². The Balaban J connectivity index is 1.80. The van der Waals surface area contributed by atoms with Crippen LogP contribution in [-0.2, 0) is 14.3 Å². The number of hydrogen-bond acceptors (Lipinski definition) is 3. The molecule has 0 aromatic carbocycles. The highest BCUT2D eigenvalue weighted by Crippen LogP contribution is 2.34. The monoisotopic (exact) mass is 268 g/mol. The zero-order valence-corrected chi connectivity index (χ0v) is 11.7. The zero-order chi connectivity index (χ0) is 13.7. The zero-order valence-electron chi connectivity index (χ0n) is 11.7. The Morgan fingerprint density at radius 3 is 2.74 bits per heavy atom. The molecular formula is C14H24N2O3. The number of ether oxygens (including phenoxy) is 1. The molecule has 1 unspecified atom stereocenters. The summed E-state index contributed by atoms with van der Waals surface area (Å²) in [7, 11) is 1.70. The Morgan fingerprint density at radius 2 is 2.05 bits per heavy atom. The van der Waals surface area contributed by atoms with Crippen molar-refractivity contribution in [2.45, 2.75) is 44.6 Å². The van der Waals surface area contributed by atoms with E-state index in [0.717, 1.165) is 45.3 Å². The highest BCUT2D eigenvalue weighted by Gasteiger charge is 2.40. The van der Waals surface area contributed by atoms with E-state index in [1.807, 2.05) is 4.90 Å². The molecule has 0 aromatic heterocycles. The van der Waals surface area contributed by atoms with Crippen LogP contribution in [-0.4, -0.2) is 49.6 Å². The van der Waals surface area contributed by atoms with Crippen LogP contribution in [0.4, 0.5) is 0 Å². The molecule has 1 saturated heterocycles. The molecule has 19 heavy (non-hydrogen) atoms. The summed E-state index contributed by atoms with van der Waals surface area (Å²) in [6, 6.07) is -0.256. The first-order valence-electron chi connectivity index (χ1n) is 7.29. The molecule has 0 bridgehead atoms. The van der Waals surface area contributed by atoms with Crippen molar-refractivity contribution >= 4 is 11.8 Å². The minimum Gasteiger partial charge on any atom is -0.385 e. The number of methoxy groups -OCH3 is 1. The summed E-state index contributed by atoms with van der Waals surface area (Å²) < 4.78 is 5.01. The molecule has 108 valence electrons. The van der Waals surface area contributed by atoms with Crippen molar-refractivity contribution in [2.75, 3.05) is 26.8 Å². The van der Waals surface area contributed by atoms with E-state index in [1.54, 1.807) is 7.11 Å². The van der Waals surface area contributed by atoms with Crippen molar-refractivity contribution in [1.82, 2.24) is 10.2 Å². The van der Waals surface area contributed by atoms with Crippen LogP contribution < -0.4 is 5.32 Å². The molecule has 2 fully saturated rings. The second kappa shape index (κ2) is 6.89. The van der Waals surface area contributed by atoms with Crippen LogP contribution in [0.1, 0.15) is 38.5 Å². The summed E-state index contributed by atoms with van der Waals surface area (Å²) in [4.78, 5) is 25.9. The molecule has 1 N–H and O–H groups in total. The molecule has 0 aromatic rings. The third kappa shape index (κ3) is 4.20. The number of nitrogens with one attached hydrogen (secondary N) is 1.